The number of nitrogens with zero attached hydrogens (tertiary/aromatic N) is 4. The Balaban J connectivity index is 1.28. The van der Waals surface area contributed by atoms with E-state index in [-0.39, 0.29) is 23.2 Å². The van der Waals surface area contributed by atoms with Crippen molar-refractivity contribution in [1.82, 2.24) is 19.9 Å². The molecule has 0 spiro atoms. The topological polar surface area (TPSA) is 92.3 Å². The lowest BCUT2D eigenvalue weighted by atomic mass is 10.1. The third kappa shape index (κ3) is 6.61. The maximum atomic E-state index is 13.5. The summed E-state index contributed by atoms with van der Waals surface area (Å²) in [4.78, 5) is 27.2. The molecule has 0 atom stereocenters. The van der Waals surface area contributed by atoms with Crippen LogP contribution in [0.5, 0.6) is 0 Å². The van der Waals surface area contributed by atoms with Crippen LogP contribution >= 0.6 is 0 Å². The first-order chi connectivity index (χ1) is 19.3. The summed E-state index contributed by atoms with van der Waals surface area (Å²) in [5, 5.41) is 5.88. The van der Waals surface area contributed by atoms with E-state index in [1.54, 1.807) is 36.4 Å². The van der Waals surface area contributed by atoms with Crippen molar-refractivity contribution in [3.05, 3.63) is 95.3 Å². The molecule has 1 fully saturated rings. The molecule has 5 rings (SSSR count). The third-order valence-electron chi connectivity index (χ3n) is 6.46. The van der Waals surface area contributed by atoms with Crippen LogP contribution in [0.4, 0.5) is 30.5 Å². The van der Waals surface area contributed by atoms with Crippen molar-refractivity contribution in [2.45, 2.75) is 19.6 Å². The molecule has 40 heavy (non-hydrogen) atoms. The first-order valence-corrected chi connectivity index (χ1v) is 12.7. The number of carbonyl (C=O) groups is 1. The van der Waals surface area contributed by atoms with Crippen LogP contribution in [0.3, 0.4) is 0 Å². The van der Waals surface area contributed by atoms with Crippen LogP contribution in [0, 0.1) is 6.92 Å². The minimum atomic E-state index is -4.64. The number of halogens is 3. The number of hydrogen-bond donors (Lipinski definition) is 2. The van der Waals surface area contributed by atoms with Gasteiger partial charge < -0.3 is 15.4 Å². The number of aryl methyl sites for hydroxylation is 1. The minimum absolute atomic E-state index is 0.0291. The first kappa shape index (κ1) is 27.2. The first-order valence-electron chi connectivity index (χ1n) is 12.7. The zero-order valence-corrected chi connectivity index (χ0v) is 21.7. The number of ether oxygens (including phenoxy) is 1. The lowest BCUT2D eigenvalue weighted by Gasteiger charge is -2.26. The van der Waals surface area contributed by atoms with E-state index in [1.165, 1.54) is 12.3 Å². The summed E-state index contributed by atoms with van der Waals surface area (Å²) in [6.07, 6.45) is -2.51. The summed E-state index contributed by atoms with van der Waals surface area (Å²) in [7, 11) is 0. The van der Waals surface area contributed by atoms with Gasteiger partial charge in [-0.3, -0.25) is 14.7 Å². The molecule has 0 unspecified atom stereocenters. The second-order valence-corrected chi connectivity index (χ2v) is 9.36. The highest BCUT2D eigenvalue weighted by atomic mass is 19.4. The Morgan fingerprint density at radius 1 is 1.02 bits per heavy atom. The van der Waals surface area contributed by atoms with Crippen molar-refractivity contribution in [2.24, 2.45) is 0 Å². The lowest BCUT2D eigenvalue weighted by Crippen LogP contribution is -2.35. The van der Waals surface area contributed by atoms with Crippen LogP contribution in [0.15, 0.2) is 73.1 Å². The lowest BCUT2D eigenvalue weighted by molar-refractivity contribution is -0.137. The van der Waals surface area contributed by atoms with Gasteiger partial charge in [0, 0.05) is 49.0 Å². The fourth-order valence-electron chi connectivity index (χ4n) is 4.30. The molecule has 0 aliphatic carbocycles. The molecule has 2 N–H and O–H groups in total. The fraction of sp³-hybridized carbons (Fsp3) is 0.241. The Hall–Kier alpha value is -4.35. The molecule has 206 valence electrons. The number of benzene rings is 2. The minimum Gasteiger partial charge on any atom is -0.379 e. The molecule has 0 radical (unpaired) electrons. The van der Waals surface area contributed by atoms with Gasteiger partial charge in [0.25, 0.3) is 5.91 Å². The third-order valence-corrected chi connectivity index (χ3v) is 6.46. The van der Waals surface area contributed by atoms with E-state index < -0.39 is 11.7 Å². The van der Waals surface area contributed by atoms with Crippen molar-refractivity contribution >= 4 is 23.2 Å². The molecule has 1 aliphatic rings. The van der Waals surface area contributed by atoms with Crippen LogP contribution in [-0.2, 0) is 17.5 Å². The molecule has 4 aromatic rings. The number of hydrogen-bond acceptors (Lipinski definition) is 7. The SMILES string of the molecule is Cc1ccc(CN2CCOCC2)cc1NC(=O)c1ccc(Nc2ncc(C(F)(F)F)c(-c3ccccn3)n2)cc1. The quantitative estimate of drug-likeness (QED) is 0.306. The average Bonchev–Trinajstić information content (AvgIpc) is 2.95. The van der Waals surface area contributed by atoms with Crippen molar-refractivity contribution in [1.29, 1.82) is 0 Å². The molecule has 1 saturated heterocycles. The Morgan fingerprint density at radius 2 is 1.80 bits per heavy atom. The van der Waals surface area contributed by atoms with Crippen molar-refractivity contribution in [2.75, 3.05) is 36.9 Å². The van der Waals surface area contributed by atoms with E-state index in [0.29, 0.717) is 11.3 Å². The van der Waals surface area contributed by atoms with Crippen molar-refractivity contribution in [3.8, 4) is 11.4 Å². The van der Waals surface area contributed by atoms with E-state index >= 15 is 0 Å². The number of aromatic nitrogens is 3. The van der Waals surface area contributed by atoms with Crippen molar-refractivity contribution in [3.63, 3.8) is 0 Å². The van der Waals surface area contributed by atoms with Gasteiger partial charge in [0.2, 0.25) is 5.95 Å². The number of morpholine rings is 1. The fourth-order valence-corrected chi connectivity index (χ4v) is 4.30. The molecule has 0 saturated carbocycles. The van der Waals surface area contributed by atoms with Crippen LogP contribution < -0.4 is 10.6 Å². The number of nitrogens with one attached hydrogen (secondary N) is 2. The van der Waals surface area contributed by atoms with Gasteiger partial charge in [0.05, 0.1) is 18.9 Å². The molecular weight excluding hydrogens is 521 g/mol. The van der Waals surface area contributed by atoms with Crippen LogP contribution in [-0.4, -0.2) is 52.1 Å². The molecule has 2 aromatic carbocycles. The molecule has 1 amide bonds. The zero-order chi connectivity index (χ0) is 28.1. The van der Waals surface area contributed by atoms with Crippen LogP contribution in [0.1, 0.15) is 27.0 Å². The van der Waals surface area contributed by atoms with Gasteiger partial charge in [-0.25, -0.2) is 9.97 Å². The van der Waals surface area contributed by atoms with Crippen LogP contribution in [0.2, 0.25) is 0 Å². The molecule has 3 heterocycles. The van der Waals surface area contributed by atoms with Gasteiger partial charge in [-0.15, -0.1) is 0 Å². The number of pyridine rings is 1. The molecule has 11 heteroatoms. The van der Waals surface area contributed by atoms with Gasteiger partial charge in [0.1, 0.15) is 11.3 Å². The van der Waals surface area contributed by atoms with Gasteiger partial charge in [0.15, 0.2) is 0 Å². The van der Waals surface area contributed by atoms with E-state index in [1.807, 2.05) is 19.1 Å². The predicted molar refractivity (Wildman–Crippen MR) is 145 cm³/mol. The molecule has 2 aromatic heterocycles. The van der Waals surface area contributed by atoms with E-state index in [9.17, 15) is 18.0 Å². The number of amides is 1. The van der Waals surface area contributed by atoms with Crippen molar-refractivity contribution < 1.29 is 22.7 Å². The maximum Gasteiger partial charge on any atom is 0.420 e. The normalized spacial score (nSPS) is 14.1. The van der Waals surface area contributed by atoms with E-state index in [4.69, 9.17) is 4.74 Å². The Morgan fingerprint density at radius 3 is 2.50 bits per heavy atom. The highest BCUT2D eigenvalue weighted by molar-refractivity contribution is 6.04. The Kier molecular flexibility index (Phi) is 8.04. The van der Waals surface area contributed by atoms with Crippen LogP contribution in [0.25, 0.3) is 11.4 Å². The predicted octanol–water partition coefficient (Wildman–Crippen LogP) is 5.69. The average molecular weight is 549 g/mol. The standard InChI is InChI=1S/C29H27F3N6O2/c1-19-5-6-20(18-38-12-14-40-15-13-38)16-25(19)36-27(39)21-7-9-22(10-8-21)35-28-34-17-23(29(30,31)32)26(37-28)24-4-2-3-11-33-24/h2-11,16-17H,12-15,18H2,1H3,(H,36,39)(H,34,35,37). The number of carbonyl (C=O) groups excluding carboxylic acids is 1. The largest absolute Gasteiger partial charge is 0.420 e. The number of rotatable bonds is 7. The van der Waals surface area contributed by atoms with Gasteiger partial charge in [-0.2, -0.15) is 13.2 Å². The number of anilines is 3. The summed E-state index contributed by atoms with van der Waals surface area (Å²) in [6, 6.07) is 17.2. The highest BCUT2D eigenvalue weighted by Crippen LogP contribution is 2.35. The summed E-state index contributed by atoms with van der Waals surface area (Å²) in [5.41, 5.74) is 2.48. The van der Waals surface area contributed by atoms with Gasteiger partial charge in [-0.05, 0) is 60.5 Å². The zero-order valence-electron chi connectivity index (χ0n) is 21.7. The van der Waals surface area contributed by atoms with E-state index in [0.717, 1.165) is 55.9 Å². The summed E-state index contributed by atoms with van der Waals surface area (Å²) < 4.78 is 46.1. The summed E-state index contributed by atoms with van der Waals surface area (Å²) in [5.74, 6) is -0.306. The molecule has 1 aliphatic heterocycles. The van der Waals surface area contributed by atoms with Gasteiger partial charge >= 0.3 is 6.18 Å². The Bertz CT molecular complexity index is 1470. The second-order valence-electron chi connectivity index (χ2n) is 9.36. The van der Waals surface area contributed by atoms with E-state index in [2.05, 4.69) is 36.6 Å². The maximum absolute atomic E-state index is 13.5. The smallest absolute Gasteiger partial charge is 0.379 e. The Labute approximate surface area is 229 Å². The molecular formula is C29H27F3N6O2. The monoisotopic (exact) mass is 548 g/mol. The van der Waals surface area contributed by atoms with Gasteiger partial charge in [-0.1, -0.05) is 18.2 Å². The second kappa shape index (κ2) is 11.8. The summed E-state index contributed by atoms with van der Waals surface area (Å²) in [6.45, 7) is 5.90. The summed E-state index contributed by atoms with van der Waals surface area (Å²) >= 11 is 0. The molecule has 8 nitrogen and oxygen atoms in total. The molecule has 0 bridgehead atoms. The number of alkyl halides is 3. The highest BCUT2D eigenvalue weighted by Gasteiger charge is 2.35.